The minimum absolute atomic E-state index is 0.172. The molecule has 0 saturated heterocycles. The van der Waals surface area contributed by atoms with Gasteiger partial charge in [-0.2, -0.15) is 0 Å². The van der Waals surface area contributed by atoms with Crippen molar-refractivity contribution in [3.8, 4) is 0 Å². The maximum Gasteiger partial charge on any atom is 0.286 e. The Balaban J connectivity index is 1.83. The monoisotopic (exact) mass is 336 g/mol. The lowest BCUT2D eigenvalue weighted by Gasteiger charge is -2.21. The van der Waals surface area contributed by atoms with Crippen LogP contribution in [0.25, 0.3) is 0 Å². The summed E-state index contributed by atoms with van der Waals surface area (Å²) in [5.41, 5.74) is 0.307. The van der Waals surface area contributed by atoms with E-state index < -0.39 is 11.6 Å². The number of amides is 2. The molecule has 0 radical (unpaired) electrons. The van der Waals surface area contributed by atoms with Crippen molar-refractivity contribution < 1.29 is 22.8 Å². The minimum atomic E-state index is -0.996. The molecule has 2 aromatic rings. The number of hydrogen-bond donors (Lipinski definition) is 1. The van der Waals surface area contributed by atoms with Gasteiger partial charge in [0, 0.05) is 31.3 Å². The van der Waals surface area contributed by atoms with Crippen molar-refractivity contribution in [3.05, 3.63) is 54.0 Å². The quantitative estimate of drug-likeness (QED) is 0.790. The largest absolute Gasteiger partial charge is 0.459 e. The zero-order valence-electron chi connectivity index (χ0n) is 13.2. The van der Waals surface area contributed by atoms with E-state index in [4.69, 9.17) is 4.42 Å². The number of anilines is 1. The van der Waals surface area contributed by atoms with Crippen LogP contribution in [-0.2, 0) is 4.79 Å². The summed E-state index contributed by atoms with van der Waals surface area (Å²) < 4.78 is 31.2. The molecule has 1 heterocycles. The Labute approximate surface area is 138 Å². The molecule has 0 aliphatic carbocycles. The van der Waals surface area contributed by atoms with Crippen molar-refractivity contribution in [3.63, 3.8) is 0 Å². The van der Waals surface area contributed by atoms with Crippen molar-refractivity contribution in [2.24, 2.45) is 0 Å². The summed E-state index contributed by atoms with van der Waals surface area (Å²) in [6.45, 7) is 2.39. The first-order valence-corrected chi connectivity index (χ1v) is 7.60. The molecule has 0 saturated carbocycles. The molecule has 128 valence electrons. The maximum atomic E-state index is 13.3. The standard InChI is InChI=1S/C17H18F2N2O3/c1-2-21(12-7-8-13(18)14(19)11-12)16(22)6-3-9-20-17(23)15-5-4-10-24-15/h4-5,7-8,10-11H,2-3,6,9H2,1H3,(H,20,23). The molecule has 1 N–H and O–H groups in total. The highest BCUT2D eigenvalue weighted by atomic mass is 19.2. The first-order chi connectivity index (χ1) is 11.5. The second-order valence-corrected chi connectivity index (χ2v) is 5.07. The van der Waals surface area contributed by atoms with Gasteiger partial charge in [-0.25, -0.2) is 8.78 Å². The van der Waals surface area contributed by atoms with Gasteiger partial charge >= 0.3 is 0 Å². The number of nitrogens with one attached hydrogen (secondary N) is 1. The van der Waals surface area contributed by atoms with Crippen molar-refractivity contribution >= 4 is 17.5 Å². The summed E-state index contributed by atoms with van der Waals surface area (Å²) in [7, 11) is 0. The Morgan fingerprint density at radius 2 is 2.00 bits per heavy atom. The number of furan rings is 1. The van der Waals surface area contributed by atoms with Gasteiger partial charge in [-0.05, 0) is 37.6 Å². The maximum absolute atomic E-state index is 13.3. The third-order valence-electron chi connectivity index (χ3n) is 3.43. The Hall–Kier alpha value is -2.70. The van der Waals surface area contributed by atoms with E-state index in [-0.39, 0.29) is 24.0 Å². The normalized spacial score (nSPS) is 10.5. The van der Waals surface area contributed by atoms with Crippen LogP contribution in [0.2, 0.25) is 0 Å². The van der Waals surface area contributed by atoms with Gasteiger partial charge in [-0.15, -0.1) is 0 Å². The molecule has 0 unspecified atom stereocenters. The topological polar surface area (TPSA) is 62.6 Å². The summed E-state index contributed by atoms with van der Waals surface area (Å²) >= 11 is 0. The number of carbonyl (C=O) groups is 2. The van der Waals surface area contributed by atoms with Gasteiger partial charge in [0.15, 0.2) is 17.4 Å². The number of halogens is 2. The van der Waals surface area contributed by atoms with Gasteiger partial charge in [0.25, 0.3) is 5.91 Å². The molecule has 2 rings (SSSR count). The average molecular weight is 336 g/mol. The molecule has 1 aromatic heterocycles. The van der Waals surface area contributed by atoms with Gasteiger partial charge in [-0.1, -0.05) is 0 Å². The molecular formula is C17H18F2N2O3. The van der Waals surface area contributed by atoms with Crippen LogP contribution in [0.3, 0.4) is 0 Å². The number of hydrogen-bond acceptors (Lipinski definition) is 3. The van der Waals surface area contributed by atoms with Crippen LogP contribution in [0.1, 0.15) is 30.3 Å². The van der Waals surface area contributed by atoms with Crippen LogP contribution < -0.4 is 10.2 Å². The Bertz CT molecular complexity index is 702. The van der Waals surface area contributed by atoms with Crippen LogP contribution in [0, 0.1) is 11.6 Å². The summed E-state index contributed by atoms with van der Waals surface area (Å²) in [5.74, 6) is -2.32. The molecule has 2 amide bonds. The predicted octanol–water partition coefficient (Wildman–Crippen LogP) is 3.12. The number of nitrogens with zero attached hydrogens (tertiary/aromatic N) is 1. The smallest absolute Gasteiger partial charge is 0.286 e. The van der Waals surface area contributed by atoms with E-state index in [1.54, 1.807) is 19.1 Å². The summed E-state index contributed by atoms with van der Waals surface area (Å²) in [4.78, 5) is 25.2. The molecule has 0 spiro atoms. The predicted molar refractivity (Wildman–Crippen MR) is 84.7 cm³/mol. The van der Waals surface area contributed by atoms with E-state index in [0.29, 0.717) is 25.2 Å². The molecule has 0 aliphatic rings. The zero-order valence-corrected chi connectivity index (χ0v) is 13.2. The molecule has 0 fully saturated rings. The van der Waals surface area contributed by atoms with Gasteiger partial charge in [-0.3, -0.25) is 9.59 Å². The highest BCUT2D eigenvalue weighted by Crippen LogP contribution is 2.19. The molecular weight excluding hydrogens is 318 g/mol. The minimum Gasteiger partial charge on any atom is -0.459 e. The van der Waals surface area contributed by atoms with E-state index in [1.165, 1.54) is 17.2 Å². The van der Waals surface area contributed by atoms with Gasteiger partial charge < -0.3 is 14.6 Å². The van der Waals surface area contributed by atoms with E-state index in [0.717, 1.165) is 12.1 Å². The second kappa shape index (κ2) is 8.24. The van der Waals surface area contributed by atoms with Gasteiger partial charge in [0.2, 0.25) is 5.91 Å². The van der Waals surface area contributed by atoms with Crippen LogP contribution in [-0.4, -0.2) is 24.9 Å². The first-order valence-electron chi connectivity index (χ1n) is 7.60. The average Bonchev–Trinajstić information content (AvgIpc) is 3.10. The van der Waals surface area contributed by atoms with Crippen LogP contribution in [0.5, 0.6) is 0 Å². The first kappa shape index (κ1) is 17.7. The third-order valence-corrected chi connectivity index (χ3v) is 3.43. The highest BCUT2D eigenvalue weighted by molar-refractivity contribution is 5.93. The molecule has 5 nitrogen and oxygen atoms in total. The number of carbonyl (C=O) groups excluding carboxylic acids is 2. The summed E-state index contributed by atoms with van der Waals surface area (Å²) in [6, 6.07) is 6.50. The van der Waals surface area contributed by atoms with Crippen LogP contribution in [0.15, 0.2) is 41.0 Å². The van der Waals surface area contributed by atoms with Gasteiger partial charge in [0.1, 0.15) is 0 Å². The third kappa shape index (κ3) is 4.41. The van der Waals surface area contributed by atoms with E-state index in [9.17, 15) is 18.4 Å². The fraction of sp³-hybridized carbons (Fsp3) is 0.294. The summed E-state index contributed by atoms with van der Waals surface area (Å²) in [5, 5.41) is 2.64. The fourth-order valence-electron chi connectivity index (χ4n) is 2.23. The zero-order chi connectivity index (χ0) is 17.5. The lowest BCUT2D eigenvalue weighted by Crippen LogP contribution is -2.32. The van der Waals surface area contributed by atoms with E-state index in [2.05, 4.69) is 5.32 Å². The molecule has 0 bridgehead atoms. The molecule has 7 heteroatoms. The van der Waals surface area contributed by atoms with Gasteiger partial charge in [0.05, 0.1) is 6.26 Å². The Kier molecular flexibility index (Phi) is 6.06. The molecule has 0 aliphatic heterocycles. The van der Waals surface area contributed by atoms with Crippen molar-refractivity contribution in [2.75, 3.05) is 18.0 Å². The SMILES string of the molecule is CCN(C(=O)CCCNC(=O)c1ccco1)c1ccc(F)c(F)c1. The highest BCUT2D eigenvalue weighted by Gasteiger charge is 2.16. The lowest BCUT2D eigenvalue weighted by atomic mass is 10.2. The molecule has 24 heavy (non-hydrogen) atoms. The Morgan fingerprint density at radius 3 is 2.62 bits per heavy atom. The van der Waals surface area contributed by atoms with Crippen LogP contribution in [0.4, 0.5) is 14.5 Å². The van der Waals surface area contributed by atoms with Crippen molar-refractivity contribution in [1.82, 2.24) is 5.32 Å². The fourth-order valence-corrected chi connectivity index (χ4v) is 2.23. The lowest BCUT2D eigenvalue weighted by molar-refractivity contribution is -0.118. The van der Waals surface area contributed by atoms with E-state index >= 15 is 0 Å². The molecule has 0 atom stereocenters. The Morgan fingerprint density at radius 1 is 1.21 bits per heavy atom. The number of rotatable bonds is 7. The van der Waals surface area contributed by atoms with Crippen molar-refractivity contribution in [1.29, 1.82) is 0 Å². The summed E-state index contributed by atoms with van der Waals surface area (Å²) in [6.07, 6.45) is 2.00. The number of benzene rings is 1. The van der Waals surface area contributed by atoms with Crippen LogP contribution >= 0.6 is 0 Å². The second-order valence-electron chi connectivity index (χ2n) is 5.07. The van der Waals surface area contributed by atoms with E-state index in [1.807, 2.05) is 0 Å². The molecule has 1 aromatic carbocycles. The van der Waals surface area contributed by atoms with Crippen molar-refractivity contribution in [2.45, 2.75) is 19.8 Å².